The zero-order chi connectivity index (χ0) is 28.9. The number of nitrogens with zero attached hydrogens (tertiary/aromatic N) is 5. The Kier molecular flexibility index (Phi) is 7.27. The van der Waals surface area contributed by atoms with E-state index >= 15 is 0 Å². The molecular weight excluding hydrogens is 532 g/mol. The predicted molar refractivity (Wildman–Crippen MR) is 147 cm³/mol. The van der Waals surface area contributed by atoms with Crippen molar-refractivity contribution in [2.24, 2.45) is 7.05 Å². The summed E-state index contributed by atoms with van der Waals surface area (Å²) >= 11 is 0. The molecule has 1 aliphatic carbocycles. The molecule has 3 heterocycles. The van der Waals surface area contributed by atoms with Crippen LogP contribution < -0.4 is 5.32 Å². The lowest BCUT2D eigenvalue weighted by Gasteiger charge is -2.43. The number of benzene rings is 1. The average Bonchev–Trinajstić information content (AvgIpc) is 3.62. The number of methoxy groups -OCH3 is 1. The van der Waals surface area contributed by atoms with Gasteiger partial charge in [0.2, 0.25) is 0 Å². The number of carbonyl (C=O) groups is 2. The van der Waals surface area contributed by atoms with Crippen LogP contribution in [0, 0.1) is 11.3 Å². The zero-order valence-electron chi connectivity index (χ0n) is 23.4. The van der Waals surface area contributed by atoms with E-state index in [-0.39, 0.29) is 36.7 Å². The normalized spacial score (nSPS) is 19.1. The number of hydrogen-bond acceptors (Lipinski definition) is 8. The van der Waals surface area contributed by atoms with Crippen LogP contribution in [-0.4, -0.2) is 95.2 Å². The van der Waals surface area contributed by atoms with Crippen molar-refractivity contribution in [3.05, 3.63) is 52.3 Å². The molecule has 0 unspecified atom stereocenters. The lowest BCUT2D eigenvalue weighted by Crippen LogP contribution is -2.59. The van der Waals surface area contributed by atoms with Gasteiger partial charge in [0.25, 0.3) is 11.8 Å². The molecule has 12 heteroatoms. The minimum Gasteiger partial charge on any atom is -0.379 e. The predicted octanol–water partition coefficient (Wildman–Crippen LogP) is 1.28. The number of carbonyl (C=O) groups excluding carboxylic acids is 2. The maximum atomic E-state index is 13.9. The molecule has 2 aromatic rings. The Labute approximate surface area is 235 Å². The van der Waals surface area contributed by atoms with E-state index in [0.29, 0.717) is 49.2 Å². The summed E-state index contributed by atoms with van der Waals surface area (Å²) in [5, 5.41) is 16.2. The van der Waals surface area contributed by atoms with Crippen molar-refractivity contribution in [3.8, 4) is 6.07 Å². The van der Waals surface area contributed by atoms with Crippen LogP contribution in [-0.2, 0) is 34.6 Å². The molecule has 1 N–H and O–H groups in total. The summed E-state index contributed by atoms with van der Waals surface area (Å²) in [6.07, 6.45) is 1.63. The smallest absolute Gasteiger partial charge is 0.272 e. The van der Waals surface area contributed by atoms with E-state index in [1.54, 1.807) is 57.2 Å². The molecular formula is C28H36N6O5S. The highest BCUT2D eigenvalue weighted by Crippen LogP contribution is 2.49. The first-order valence-corrected chi connectivity index (χ1v) is 15.0. The van der Waals surface area contributed by atoms with Gasteiger partial charge in [0.05, 0.1) is 27.2 Å². The van der Waals surface area contributed by atoms with E-state index in [0.717, 1.165) is 18.7 Å². The molecule has 2 fully saturated rings. The summed E-state index contributed by atoms with van der Waals surface area (Å²) in [5.41, 5.74) is 2.49. The number of ether oxygens (including phenoxy) is 1. The van der Waals surface area contributed by atoms with E-state index in [1.165, 1.54) is 4.68 Å². The van der Waals surface area contributed by atoms with Crippen molar-refractivity contribution < 1.29 is 22.7 Å². The second-order valence-corrected chi connectivity index (χ2v) is 14.7. The van der Waals surface area contributed by atoms with E-state index in [2.05, 4.69) is 21.4 Å². The third-order valence-corrected chi connectivity index (χ3v) is 11.7. The zero-order valence-corrected chi connectivity index (χ0v) is 24.3. The van der Waals surface area contributed by atoms with Gasteiger partial charge < -0.3 is 15.0 Å². The van der Waals surface area contributed by atoms with Crippen LogP contribution in [0.3, 0.4) is 0 Å². The molecule has 40 heavy (non-hydrogen) atoms. The van der Waals surface area contributed by atoms with Gasteiger partial charge in [0.1, 0.15) is 5.69 Å². The van der Waals surface area contributed by atoms with Gasteiger partial charge in [0, 0.05) is 59.0 Å². The molecule has 11 nitrogen and oxygen atoms in total. The van der Waals surface area contributed by atoms with Crippen LogP contribution in [0.5, 0.6) is 0 Å². The van der Waals surface area contributed by atoms with Crippen LogP contribution in [0.15, 0.2) is 24.3 Å². The SMILES string of the molecule is COC1CN(CC(C)(C)S(=O)(=O)C2(CN3CCc4c(C(=O)NCc5ccc(C#N)cc5)nn(C)c4C3=O)CC2)C1. The Morgan fingerprint density at radius 2 is 1.93 bits per heavy atom. The number of aryl methyl sites for hydroxylation is 1. The number of aromatic nitrogens is 2. The Bertz CT molecular complexity index is 1460. The third kappa shape index (κ3) is 4.91. The van der Waals surface area contributed by atoms with Crippen LogP contribution in [0.1, 0.15) is 64.4 Å². The Hall–Kier alpha value is -3.27. The molecule has 214 valence electrons. The largest absolute Gasteiger partial charge is 0.379 e. The summed E-state index contributed by atoms with van der Waals surface area (Å²) in [6.45, 7) is 6.16. The van der Waals surface area contributed by atoms with E-state index in [4.69, 9.17) is 10.00 Å². The Balaban J connectivity index is 1.26. The highest BCUT2D eigenvalue weighted by atomic mass is 32.2. The number of sulfone groups is 1. The maximum absolute atomic E-state index is 13.9. The monoisotopic (exact) mass is 568 g/mol. The number of rotatable bonds is 10. The summed E-state index contributed by atoms with van der Waals surface area (Å²) < 4.78 is 32.6. The molecule has 2 amide bonds. The van der Waals surface area contributed by atoms with E-state index in [9.17, 15) is 18.0 Å². The Morgan fingerprint density at radius 3 is 2.52 bits per heavy atom. The van der Waals surface area contributed by atoms with Gasteiger partial charge in [0.15, 0.2) is 15.5 Å². The highest BCUT2D eigenvalue weighted by molar-refractivity contribution is 7.94. The number of fused-ring (bicyclic) bond motifs is 1. The molecule has 0 spiro atoms. The summed E-state index contributed by atoms with van der Waals surface area (Å²) in [7, 11) is -0.264. The van der Waals surface area contributed by atoms with E-state index < -0.39 is 19.3 Å². The van der Waals surface area contributed by atoms with Crippen molar-refractivity contribution >= 4 is 21.7 Å². The molecule has 0 atom stereocenters. The molecule has 3 aliphatic rings. The topological polar surface area (TPSA) is 138 Å². The lowest BCUT2D eigenvalue weighted by molar-refractivity contribution is -0.0322. The molecule has 1 aromatic heterocycles. The molecule has 0 radical (unpaired) electrons. The summed E-state index contributed by atoms with van der Waals surface area (Å²) in [4.78, 5) is 30.3. The van der Waals surface area contributed by atoms with Crippen molar-refractivity contribution in [1.29, 1.82) is 5.26 Å². The number of hydrogen-bond donors (Lipinski definition) is 1. The third-order valence-electron chi connectivity index (χ3n) is 8.46. The fourth-order valence-corrected chi connectivity index (χ4v) is 8.37. The number of nitrogens with one attached hydrogen (secondary N) is 1. The van der Waals surface area contributed by atoms with Gasteiger partial charge in [-0.1, -0.05) is 12.1 Å². The molecule has 2 aliphatic heterocycles. The lowest BCUT2D eigenvalue weighted by atomic mass is 10.0. The van der Waals surface area contributed by atoms with Gasteiger partial charge in [-0.3, -0.25) is 19.2 Å². The minimum atomic E-state index is -3.56. The van der Waals surface area contributed by atoms with Gasteiger partial charge in [-0.25, -0.2) is 8.42 Å². The number of likely N-dealkylation sites (tertiary alicyclic amines) is 1. The molecule has 1 aromatic carbocycles. The fraction of sp³-hybridized carbons (Fsp3) is 0.571. The first-order valence-electron chi connectivity index (χ1n) is 13.5. The Morgan fingerprint density at radius 1 is 1.25 bits per heavy atom. The van der Waals surface area contributed by atoms with Crippen LogP contribution in [0.25, 0.3) is 0 Å². The second-order valence-electron chi connectivity index (χ2n) is 11.8. The second kappa shape index (κ2) is 10.3. The van der Waals surface area contributed by atoms with Crippen LogP contribution >= 0.6 is 0 Å². The minimum absolute atomic E-state index is 0.142. The average molecular weight is 569 g/mol. The van der Waals surface area contributed by atoms with Crippen molar-refractivity contribution in [3.63, 3.8) is 0 Å². The molecule has 0 bridgehead atoms. The van der Waals surface area contributed by atoms with Crippen molar-refractivity contribution in [2.45, 2.75) is 55.3 Å². The van der Waals surface area contributed by atoms with Crippen molar-refractivity contribution in [1.82, 2.24) is 24.9 Å². The fourth-order valence-electron chi connectivity index (χ4n) is 5.88. The number of amides is 2. The first kappa shape index (κ1) is 28.3. The van der Waals surface area contributed by atoms with Gasteiger partial charge in [-0.2, -0.15) is 10.4 Å². The van der Waals surface area contributed by atoms with E-state index in [1.807, 2.05) is 0 Å². The standard InChI is InChI=1S/C28H36N6O5S/c1-27(2,17-33-15-21(16-33)39-4)40(37,38)28(10-11-28)18-34-12-9-22-23(31-32(3)24(22)26(34)36)25(35)30-14-20-7-5-19(13-29)6-8-20/h5-8,21H,9-12,14-18H2,1-4H3,(H,30,35). The summed E-state index contributed by atoms with van der Waals surface area (Å²) in [6, 6.07) is 8.99. The summed E-state index contributed by atoms with van der Waals surface area (Å²) in [5.74, 6) is -0.681. The first-order chi connectivity index (χ1) is 18.9. The molecule has 1 saturated heterocycles. The van der Waals surface area contributed by atoms with Gasteiger partial charge in [-0.15, -0.1) is 0 Å². The van der Waals surface area contributed by atoms with Crippen LogP contribution in [0.2, 0.25) is 0 Å². The highest BCUT2D eigenvalue weighted by Gasteiger charge is 2.61. The molecule has 1 saturated carbocycles. The van der Waals surface area contributed by atoms with Crippen LogP contribution in [0.4, 0.5) is 0 Å². The quantitative estimate of drug-likeness (QED) is 0.453. The van der Waals surface area contributed by atoms with Crippen molar-refractivity contribution in [2.75, 3.05) is 39.8 Å². The maximum Gasteiger partial charge on any atom is 0.272 e. The number of nitriles is 1. The molecule has 5 rings (SSSR count). The van der Waals surface area contributed by atoms with Gasteiger partial charge in [-0.05, 0) is 50.8 Å². The van der Waals surface area contributed by atoms with Gasteiger partial charge >= 0.3 is 0 Å².